The molecule has 0 saturated heterocycles. The van der Waals surface area contributed by atoms with Crippen molar-refractivity contribution < 1.29 is 4.74 Å². The predicted octanol–water partition coefficient (Wildman–Crippen LogP) is 5.96. The minimum Gasteiger partial charge on any atom is -0.457 e. The van der Waals surface area contributed by atoms with Crippen LogP contribution < -0.4 is 4.74 Å². The topological polar surface area (TPSA) is 9.23 Å². The van der Waals surface area contributed by atoms with Crippen LogP contribution in [0.1, 0.15) is 22.3 Å². The minimum atomic E-state index is -0.352. The lowest BCUT2D eigenvalue weighted by Gasteiger charge is -2.39. The van der Waals surface area contributed by atoms with E-state index in [4.69, 9.17) is 4.74 Å². The lowest BCUT2D eigenvalue weighted by atomic mass is 9.66. The van der Waals surface area contributed by atoms with Crippen LogP contribution in [-0.4, -0.2) is 0 Å². The zero-order valence-electron chi connectivity index (χ0n) is 14.1. The van der Waals surface area contributed by atoms with Gasteiger partial charge in [-0.1, -0.05) is 72.8 Å². The van der Waals surface area contributed by atoms with E-state index in [1.165, 1.54) is 33.4 Å². The van der Waals surface area contributed by atoms with Gasteiger partial charge in [0.2, 0.25) is 0 Å². The van der Waals surface area contributed by atoms with Crippen LogP contribution in [0.4, 0.5) is 0 Å². The molecular formula is C25H15O. The van der Waals surface area contributed by atoms with Crippen molar-refractivity contribution in [1.29, 1.82) is 0 Å². The summed E-state index contributed by atoms with van der Waals surface area (Å²) in [5.74, 6) is 1.86. The molecule has 121 valence electrons. The van der Waals surface area contributed by atoms with E-state index >= 15 is 0 Å². The summed E-state index contributed by atoms with van der Waals surface area (Å²) < 4.78 is 6.28. The highest BCUT2D eigenvalue weighted by atomic mass is 16.5. The molecule has 1 nitrogen and oxygen atoms in total. The van der Waals surface area contributed by atoms with Crippen LogP contribution in [0.5, 0.6) is 11.5 Å². The van der Waals surface area contributed by atoms with Gasteiger partial charge >= 0.3 is 0 Å². The lowest BCUT2D eigenvalue weighted by molar-refractivity contribution is 0.436. The van der Waals surface area contributed by atoms with E-state index in [1.54, 1.807) is 0 Å². The molecule has 4 aromatic carbocycles. The fourth-order valence-corrected chi connectivity index (χ4v) is 4.74. The molecule has 0 atom stereocenters. The van der Waals surface area contributed by atoms with Gasteiger partial charge in [0.1, 0.15) is 11.5 Å². The highest BCUT2D eigenvalue weighted by Crippen LogP contribution is 2.61. The molecule has 0 unspecified atom stereocenters. The number of rotatable bonds is 0. The van der Waals surface area contributed by atoms with Gasteiger partial charge < -0.3 is 4.74 Å². The van der Waals surface area contributed by atoms with Crippen molar-refractivity contribution in [1.82, 2.24) is 0 Å². The normalized spacial score (nSPS) is 14.8. The van der Waals surface area contributed by atoms with Gasteiger partial charge in [-0.15, -0.1) is 0 Å². The number of para-hydroxylation sites is 2. The van der Waals surface area contributed by atoms with Crippen LogP contribution in [0.25, 0.3) is 11.1 Å². The Morgan fingerprint density at radius 1 is 0.577 bits per heavy atom. The lowest BCUT2D eigenvalue weighted by Crippen LogP contribution is -2.32. The predicted molar refractivity (Wildman–Crippen MR) is 103 cm³/mol. The molecule has 1 heterocycles. The average Bonchev–Trinajstić information content (AvgIpc) is 3.00. The van der Waals surface area contributed by atoms with E-state index in [0.717, 1.165) is 11.5 Å². The van der Waals surface area contributed by atoms with E-state index in [9.17, 15) is 0 Å². The second-order valence-corrected chi connectivity index (χ2v) is 6.86. The second-order valence-electron chi connectivity index (χ2n) is 6.86. The molecule has 1 aliphatic heterocycles. The summed E-state index contributed by atoms with van der Waals surface area (Å²) in [6, 6.07) is 35.2. The Hall–Kier alpha value is -3.32. The van der Waals surface area contributed by atoms with Crippen LogP contribution in [0.15, 0.2) is 91.0 Å². The number of hydrogen-bond donors (Lipinski definition) is 0. The first-order valence-electron chi connectivity index (χ1n) is 8.88. The van der Waals surface area contributed by atoms with Gasteiger partial charge in [0.15, 0.2) is 0 Å². The molecule has 1 aliphatic carbocycles. The van der Waals surface area contributed by atoms with E-state index in [0.29, 0.717) is 0 Å². The summed E-state index contributed by atoms with van der Waals surface area (Å²) in [5.41, 5.74) is 7.22. The monoisotopic (exact) mass is 331 g/mol. The molecule has 6 rings (SSSR count). The maximum Gasteiger partial charge on any atom is 0.132 e. The maximum absolute atomic E-state index is 6.28. The highest BCUT2D eigenvalue weighted by Gasteiger charge is 2.50. The SMILES string of the molecule is [c]1ccc2c(c1)C1(c3ccccc3Oc3ccccc31)c1ccccc1-2. The van der Waals surface area contributed by atoms with Crippen molar-refractivity contribution in [3.8, 4) is 22.6 Å². The first kappa shape index (κ1) is 13.9. The van der Waals surface area contributed by atoms with Gasteiger partial charge in [-0.05, 0) is 46.5 Å². The molecule has 26 heavy (non-hydrogen) atoms. The summed E-state index contributed by atoms with van der Waals surface area (Å²) in [6.07, 6.45) is 0. The molecule has 1 heteroatoms. The smallest absolute Gasteiger partial charge is 0.132 e. The van der Waals surface area contributed by atoms with Crippen molar-refractivity contribution in [3.63, 3.8) is 0 Å². The molecule has 1 spiro atoms. The van der Waals surface area contributed by atoms with Crippen molar-refractivity contribution in [2.75, 3.05) is 0 Å². The fourth-order valence-electron chi connectivity index (χ4n) is 4.74. The molecule has 1 radical (unpaired) electrons. The molecule has 0 bridgehead atoms. The van der Waals surface area contributed by atoms with E-state index < -0.39 is 0 Å². The van der Waals surface area contributed by atoms with Gasteiger partial charge in [0.05, 0.1) is 5.41 Å². The molecule has 2 aliphatic rings. The largest absolute Gasteiger partial charge is 0.457 e. The number of ether oxygens (including phenoxy) is 1. The first-order valence-corrected chi connectivity index (χ1v) is 8.88. The third-order valence-corrected chi connectivity index (χ3v) is 5.69. The molecule has 0 aromatic heterocycles. The third-order valence-electron chi connectivity index (χ3n) is 5.69. The Balaban J connectivity index is 1.87. The summed E-state index contributed by atoms with van der Waals surface area (Å²) in [7, 11) is 0. The Morgan fingerprint density at radius 2 is 1.15 bits per heavy atom. The average molecular weight is 331 g/mol. The van der Waals surface area contributed by atoms with Crippen molar-refractivity contribution in [2.45, 2.75) is 5.41 Å². The summed E-state index contributed by atoms with van der Waals surface area (Å²) in [5, 5.41) is 0. The molecule has 0 saturated carbocycles. The Morgan fingerprint density at radius 3 is 1.88 bits per heavy atom. The van der Waals surface area contributed by atoms with Gasteiger partial charge in [-0.3, -0.25) is 0 Å². The van der Waals surface area contributed by atoms with Crippen LogP contribution in [0.3, 0.4) is 0 Å². The van der Waals surface area contributed by atoms with Crippen LogP contribution in [0, 0.1) is 6.07 Å². The second kappa shape index (κ2) is 4.86. The first-order chi connectivity index (χ1) is 12.9. The van der Waals surface area contributed by atoms with Crippen LogP contribution in [-0.2, 0) is 5.41 Å². The Labute approximate surface area is 152 Å². The Kier molecular flexibility index (Phi) is 2.60. The van der Waals surface area contributed by atoms with Gasteiger partial charge in [0, 0.05) is 11.1 Å². The zero-order valence-corrected chi connectivity index (χ0v) is 14.1. The molecule has 0 amide bonds. The van der Waals surface area contributed by atoms with Gasteiger partial charge in [-0.2, -0.15) is 0 Å². The van der Waals surface area contributed by atoms with Crippen molar-refractivity contribution >= 4 is 0 Å². The number of hydrogen-bond acceptors (Lipinski definition) is 1. The van der Waals surface area contributed by atoms with Crippen molar-refractivity contribution in [3.05, 3.63) is 119 Å². The van der Waals surface area contributed by atoms with E-state index in [-0.39, 0.29) is 5.41 Å². The van der Waals surface area contributed by atoms with Crippen molar-refractivity contribution in [2.24, 2.45) is 0 Å². The third kappa shape index (κ3) is 1.52. The van der Waals surface area contributed by atoms with Gasteiger partial charge in [-0.25, -0.2) is 0 Å². The van der Waals surface area contributed by atoms with Gasteiger partial charge in [0.25, 0.3) is 0 Å². The quantitative estimate of drug-likeness (QED) is 0.334. The molecule has 0 fully saturated rings. The molecule has 0 N–H and O–H groups in total. The number of benzene rings is 4. The highest BCUT2D eigenvalue weighted by molar-refractivity contribution is 5.88. The number of fused-ring (bicyclic) bond motifs is 9. The zero-order chi connectivity index (χ0) is 17.1. The fraction of sp³-hybridized carbons (Fsp3) is 0.0400. The summed E-state index contributed by atoms with van der Waals surface area (Å²) in [6.45, 7) is 0. The summed E-state index contributed by atoms with van der Waals surface area (Å²) >= 11 is 0. The van der Waals surface area contributed by atoms with E-state index in [1.807, 2.05) is 18.2 Å². The molecule has 4 aromatic rings. The minimum absolute atomic E-state index is 0.352. The van der Waals surface area contributed by atoms with Crippen LogP contribution in [0.2, 0.25) is 0 Å². The summed E-state index contributed by atoms with van der Waals surface area (Å²) in [4.78, 5) is 0. The molecular weight excluding hydrogens is 316 g/mol. The Bertz CT molecular complexity index is 1080. The maximum atomic E-state index is 6.28. The van der Waals surface area contributed by atoms with Crippen LogP contribution >= 0.6 is 0 Å². The van der Waals surface area contributed by atoms with E-state index in [2.05, 4.69) is 78.9 Å². The standard InChI is InChI=1S/C25H15O/c1-3-11-19-17(9-1)18-10-2-4-12-20(18)25(19)21-13-5-7-15-23(21)26-24-16-8-6-14-22(24)25/h1-3,5-16H.